The Morgan fingerprint density at radius 1 is 1.32 bits per heavy atom. The number of amides is 1. The highest BCUT2D eigenvalue weighted by atomic mass is 16.5. The van der Waals surface area contributed by atoms with Crippen molar-refractivity contribution in [1.82, 2.24) is 5.32 Å². The highest BCUT2D eigenvalue weighted by molar-refractivity contribution is 5.84. The predicted molar refractivity (Wildman–Crippen MR) is 75.2 cm³/mol. The van der Waals surface area contributed by atoms with Gasteiger partial charge in [-0.2, -0.15) is 0 Å². The molecule has 0 spiro atoms. The lowest BCUT2D eigenvalue weighted by molar-refractivity contribution is -0.123. The van der Waals surface area contributed by atoms with Gasteiger partial charge >= 0.3 is 0 Å². The SMILES string of the molecule is NCCCCCNC(=O)C1CCOc2ccccc21. The van der Waals surface area contributed by atoms with Crippen molar-refractivity contribution in [1.29, 1.82) is 0 Å². The topological polar surface area (TPSA) is 64.3 Å². The van der Waals surface area contributed by atoms with Crippen LogP contribution in [0, 0.1) is 0 Å². The molecular formula is C15H22N2O2. The van der Waals surface area contributed by atoms with Crippen LogP contribution in [0.2, 0.25) is 0 Å². The summed E-state index contributed by atoms with van der Waals surface area (Å²) in [6, 6.07) is 7.80. The Labute approximate surface area is 114 Å². The van der Waals surface area contributed by atoms with E-state index in [-0.39, 0.29) is 11.8 Å². The van der Waals surface area contributed by atoms with Crippen molar-refractivity contribution in [2.45, 2.75) is 31.6 Å². The molecule has 0 bridgehead atoms. The zero-order chi connectivity index (χ0) is 13.5. The first-order chi connectivity index (χ1) is 9.33. The first-order valence-corrected chi connectivity index (χ1v) is 7.02. The van der Waals surface area contributed by atoms with Gasteiger partial charge in [0.05, 0.1) is 12.5 Å². The number of fused-ring (bicyclic) bond motifs is 1. The van der Waals surface area contributed by atoms with Gasteiger partial charge in [0.1, 0.15) is 5.75 Å². The molecule has 1 atom stereocenters. The second-order valence-corrected chi connectivity index (χ2v) is 4.87. The summed E-state index contributed by atoms with van der Waals surface area (Å²) >= 11 is 0. The molecule has 4 heteroatoms. The van der Waals surface area contributed by atoms with E-state index in [2.05, 4.69) is 5.32 Å². The quantitative estimate of drug-likeness (QED) is 0.768. The third-order valence-corrected chi connectivity index (χ3v) is 3.46. The number of nitrogens with two attached hydrogens (primary N) is 1. The highest BCUT2D eigenvalue weighted by Crippen LogP contribution is 2.33. The van der Waals surface area contributed by atoms with Gasteiger partial charge in [-0.3, -0.25) is 4.79 Å². The summed E-state index contributed by atoms with van der Waals surface area (Å²) < 4.78 is 5.57. The predicted octanol–water partition coefficient (Wildman–Crippen LogP) is 1.80. The molecule has 1 aliphatic heterocycles. The first-order valence-electron chi connectivity index (χ1n) is 7.02. The van der Waals surface area contributed by atoms with Crippen LogP contribution in [-0.4, -0.2) is 25.6 Å². The van der Waals surface area contributed by atoms with Crippen LogP contribution in [-0.2, 0) is 4.79 Å². The van der Waals surface area contributed by atoms with E-state index in [4.69, 9.17) is 10.5 Å². The van der Waals surface area contributed by atoms with E-state index in [1.807, 2.05) is 24.3 Å². The Morgan fingerprint density at radius 3 is 3.00 bits per heavy atom. The lowest BCUT2D eigenvalue weighted by atomic mass is 9.92. The Kier molecular flexibility index (Phi) is 5.21. The molecule has 1 aliphatic rings. The average Bonchev–Trinajstić information content (AvgIpc) is 2.46. The minimum Gasteiger partial charge on any atom is -0.493 e. The van der Waals surface area contributed by atoms with E-state index < -0.39 is 0 Å². The van der Waals surface area contributed by atoms with Gasteiger partial charge in [0.2, 0.25) is 5.91 Å². The Morgan fingerprint density at radius 2 is 2.16 bits per heavy atom. The highest BCUT2D eigenvalue weighted by Gasteiger charge is 2.26. The second-order valence-electron chi connectivity index (χ2n) is 4.87. The molecule has 4 nitrogen and oxygen atoms in total. The molecule has 1 aromatic rings. The number of hydrogen-bond acceptors (Lipinski definition) is 3. The fourth-order valence-electron chi connectivity index (χ4n) is 2.40. The maximum atomic E-state index is 12.2. The van der Waals surface area contributed by atoms with Crippen LogP contribution in [0.1, 0.15) is 37.2 Å². The third-order valence-electron chi connectivity index (χ3n) is 3.46. The van der Waals surface area contributed by atoms with Gasteiger partial charge in [0.25, 0.3) is 0 Å². The van der Waals surface area contributed by atoms with Gasteiger partial charge in [-0.05, 0) is 31.9 Å². The van der Waals surface area contributed by atoms with E-state index in [1.165, 1.54) is 0 Å². The lowest BCUT2D eigenvalue weighted by Crippen LogP contribution is -2.33. The van der Waals surface area contributed by atoms with Crippen LogP contribution in [0.4, 0.5) is 0 Å². The largest absolute Gasteiger partial charge is 0.493 e. The summed E-state index contributed by atoms with van der Waals surface area (Å²) in [5, 5.41) is 3.02. The van der Waals surface area contributed by atoms with Gasteiger partial charge < -0.3 is 15.8 Å². The summed E-state index contributed by atoms with van der Waals surface area (Å²) in [6.45, 7) is 2.07. The van der Waals surface area contributed by atoms with Gasteiger partial charge in [0.15, 0.2) is 0 Å². The minimum absolute atomic E-state index is 0.0699. The van der Waals surface area contributed by atoms with Gasteiger partial charge in [-0.15, -0.1) is 0 Å². The minimum atomic E-state index is -0.0699. The standard InChI is InChI=1S/C15H22N2O2/c16-9-4-1-5-10-17-15(18)13-8-11-19-14-7-3-2-6-12(13)14/h2-3,6-7,13H,1,4-5,8-11,16H2,(H,17,18). The van der Waals surface area contributed by atoms with Crippen molar-refractivity contribution in [2.24, 2.45) is 5.73 Å². The monoisotopic (exact) mass is 262 g/mol. The molecule has 1 amide bonds. The number of para-hydroxylation sites is 1. The van der Waals surface area contributed by atoms with Crippen LogP contribution in [0.3, 0.4) is 0 Å². The number of carbonyl (C=O) groups is 1. The number of carbonyl (C=O) groups excluding carboxylic acids is 1. The maximum absolute atomic E-state index is 12.2. The van der Waals surface area contributed by atoms with Crippen LogP contribution in [0.25, 0.3) is 0 Å². The first kappa shape index (κ1) is 13.9. The normalized spacial score (nSPS) is 17.4. The number of hydrogen-bond donors (Lipinski definition) is 2. The van der Waals surface area contributed by atoms with Crippen LogP contribution in [0.15, 0.2) is 24.3 Å². The van der Waals surface area contributed by atoms with E-state index in [1.54, 1.807) is 0 Å². The number of unbranched alkanes of at least 4 members (excludes halogenated alkanes) is 2. The fraction of sp³-hybridized carbons (Fsp3) is 0.533. The van der Waals surface area contributed by atoms with Crippen LogP contribution < -0.4 is 15.8 Å². The zero-order valence-electron chi connectivity index (χ0n) is 11.2. The van der Waals surface area contributed by atoms with Crippen LogP contribution >= 0.6 is 0 Å². The number of rotatable bonds is 6. The molecule has 104 valence electrons. The molecule has 19 heavy (non-hydrogen) atoms. The molecular weight excluding hydrogens is 240 g/mol. The smallest absolute Gasteiger partial charge is 0.227 e. The van der Waals surface area contributed by atoms with E-state index in [9.17, 15) is 4.79 Å². The lowest BCUT2D eigenvalue weighted by Gasteiger charge is -2.25. The number of benzene rings is 1. The van der Waals surface area contributed by atoms with Crippen molar-refractivity contribution < 1.29 is 9.53 Å². The Balaban J connectivity index is 1.86. The van der Waals surface area contributed by atoms with Crippen molar-refractivity contribution in [3.05, 3.63) is 29.8 Å². The zero-order valence-corrected chi connectivity index (χ0v) is 11.2. The summed E-state index contributed by atoms with van der Waals surface area (Å²) in [5.74, 6) is 0.889. The average molecular weight is 262 g/mol. The van der Waals surface area contributed by atoms with E-state index in [0.717, 1.165) is 50.1 Å². The molecule has 1 aromatic carbocycles. The molecule has 2 rings (SSSR count). The van der Waals surface area contributed by atoms with Gasteiger partial charge in [-0.25, -0.2) is 0 Å². The maximum Gasteiger partial charge on any atom is 0.227 e. The Hall–Kier alpha value is -1.55. The fourth-order valence-corrected chi connectivity index (χ4v) is 2.40. The summed E-state index contributed by atoms with van der Waals surface area (Å²) in [6.07, 6.45) is 3.84. The molecule has 0 fully saturated rings. The number of ether oxygens (including phenoxy) is 1. The third kappa shape index (κ3) is 3.70. The molecule has 0 radical (unpaired) electrons. The molecule has 0 aromatic heterocycles. The molecule has 3 N–H and O–H groups in total. The molecule has 1 heterocycles. The summed E-state index contributed by atoms with van der Waals surface area (Å²) in [5.41, 5.74) is 6.45. The van der Waals surface area contributed by atoms with Crippen LogP contribution in [0.5, 0.6) is 5.75 Å². The molecule has 0 saturated heterocycles. The Bertz CT molecular complexity index is 420. The van der Waals surface area contributed by atoms with Gasteiger partial charge in [0, 0.05) is 12.1 Å². The number of nitrogens with one attached hydrogen (secondary N) is 1. The van der Waals surface area contributed by atoms with Crippen molar-refractivity contribution in [2.75, 3.05) is 19.7 Å². The molecule has 0 saturated carbocycles. The van der Waals surface area contributed by atoms with Crippen molar-refractivity contribution >= 4 is 5.91 Å². The summed E-state index contributed by atoms with van der Waals surface area (Å²) in [7, 11) is 0. The van der Waals surface area contributed by atoms with E-state index in [0.29, 0.717) is 6.61 Å². The van der Waals surface area contributed by atoms with E-state index >= 15 is 0 Å². The van der Waals surface area contributed by atoms with Gasteiger partial charge in [-0.1, -0.05) is 24.6 Å². The van der Waals surface area contributed by atoms with Crippen molar-refractivity contribution in [3.8, 4) is 5.75 Å². The second kappa shape index (κ2) is 7.14. The van der Waals surface area contributed by atoms with Crippen molar-refractivity contribution in [3.63, 3.8) is 0 Å². The molecule has 1 unspecified atom stereocenters. The summed E-state index contributed by atoms with van der Waals surface area (Å²) in [4.78, 5) is 12.2. The molecule has 0 aliphatic carbocycles.